The molecule has 0 unspecified atom stereocenters. The molecular formula is C44H32N2S5. The molecule has 0 saturated carbocycles. The third kappa shape index (κ3) is 4.97. The van der Waals surface area contributed by atoms with Gasteiger partial charge in [-0.25, -0.2) is 0 Å². The fraction of sp³-hybridized carbons (Fsp3) is 0.136. The number of aryl methyl sites for hydroxylation is 6. The molecule has 0 fully saturated rings. The molecule has 7 heteroatoms. The number of benzene rings is 5. The Kier molecular flexibility index (Phi) is 7.19. The SMILES string of the molecule is Cc1cc2ccc3cc(-c4cc(C)c(-c5sc(-c6ccc(-c7cc(C)c(-c8sc(C)cc8C)s7)c7nsnc67)cc5C)s4)cc4ccc(c1)c2c34. The Hall–Kier alpha value is -4.24. The number of rotatable bonds is 5. The summed E-state index contributed by atoms with van der Waals surface area (Å²) in [5.74, 6) is 0. The van der Waals surface area contributed by atoms with E-state index in [2.05, 4.69) is 126 Å². The summed E-state index contributed by atoms with van der Waals surface area (Å²) in [6.07, 6.45) is 0. The van der Waals surface area contributed by atoms with Crippen molar-refractivity contribution in [3.8, 4) is 50.8 Å². The van der Waals surface area contributed by atoms with Crippen LogP contribution in [0, 0.1) is 41.5 Å². The van der Waals surface area contributed by atoms with Crippen LogP contribution in [0.2, 0.25) is 0 Å². The maximum atomic E-state index is 4.87. The predicted molar refractivity (Wildman–Crippen MR) is 228 cm³/mol. The van der Waals surface area contributed by atoms with E-state index in [9.17, 15) is 0 Å². The highest BCUT2D eigenvalue weighted by molar-refractivity contribution is 7.26. The third-order valence-electron chi connectivity index (χ3n) is 10.1. The molecule has 0 spiro atoms. The molecule has 0 atom stereocenters. The summed E-state index contributed by atoms with van der Waals surface area (Å²) in [5, 5.41) is 8.01. The zero-order valence-electron chi connectivity index (χ0n) is 29.0. The Labute approximate surface area is 317 Å². The number of thiophene rings is 4. The maximum Gasteiger partial charge on any atom is 0.114 e. The molecular weight excluding hydrogens is 717 g/mol. The van der Waals surface area contributed by atoms with Crippen molar-refractivity contribution in [2.75, 3.05) is 0 Å². The average Bonchev–Trinajstić information content (AvgIpc) is 3.94. The van der Waals surface area contributed by atoms with Gasteiger partial charge in [-0.15, -0.1) is 45.3 Å². The summed E-state index contributed by atoms with van der Waals surface area (Å²) < 4.78 is 9.72. The summed E-state index contributed by atoms with van der Waals surface area (Å²) in [7, 11) is 0. The molecule has 5 aromatic heterocycles. The van der Waals surface area contributed by atoms with Gasteiger partial charge in [0.25, 0.3) is 0 Å². The van der Waals surface area contributed by atoms with Crippen LogP contribution in [0.15, 0.2) is 84.9 Å². The molecule has 0 N–H and O–H groups in total. The van der Waals surface area contributed by atoms with Gasteiger partial charge in [0.2, 0.25) is 0 Å². The topological polar surface area (TPSA) is 25.8 Å². The number of hydrogen-bond acceptors (Lipinski definition) is 7. The normalized spacial score (nSPS) is 12.1. The maximum absolute atomic E-state index is 4.87. The van der Waals surface area contributed by atoms with Crippen molar-refractivity contribution in [1.82, 2.24) is 8.75 Å². The largest absolute Gasteiger partial charge is 0.172 e. The highest BCUT2D eigenvalue weighted by atomic mass is 32.1. The molecule has 0 aliphatic carbocycles. The van der Waals surface area contributed by atoms with Crippen LogP contribution in [0.1, 0.15) is 32.7 Å². The molecule has 5 heterocycles. The first-order valence-corrected chi connectivity index (χ1v) is 21.0. The number of hydrogen-bond donors (Lipinski definition) is 0. The Morgan fingerprint density at radius 2 is 0.824 bits per heavy atom. The monoisotopic (exact) mass is 748 g/mol. The molecule has 248 valence electrons. The van der Waals surface area contributed by atoms with E-state index >= 15 is 0 Å². The highest BCUT2D eigenvalue weighted by Crippen LogP contribution is 2.49. The lowest BCUT2D eigenvalue weighted by Crippen LogP contribution is -1.86. The van der Waals surface area contributed by atoms with E-state index in [0.29, 0.717) is 0 Å². The quantitative estimate of drug-likeness (QED) is 0.164. The van der Waals surface area contributed by atoms with Crippen molar-refractivity contribution in [2.24, 2.45) is 0 Å². The van der Waals surface area contributed by atoms with Crippen LogP contribution in [0.4, 0.5) is 0 Å². The Morgan fingerprint density at radius 1 is 0.412 bits per heavy atom. The lowest BCUT2D eigenvalue weighted by atomic mass is 9.91. The molecule has 10 aromatic rings. The number of fused-ring (bicyclic) bond motifs is 1. The van der Waals surface area contributed by atoms with E-state index in [1.807, 2.05) is 45.3 Å². The Bertz CT molecular complexity index is 2930. The molecule has 0 radical (unpaired) electrons. The molecule has 0 aliphatic heterocycles. The minimum atomic E-state index is 0.994. The summed E-state index contributed by atoms with van der Waals surface area (Å²) in [6, 6.07) is 32.4. The van der Waals surface area contributed by atoms with Gasteiger partial charge in [-0.05, 0) is 144 Å². The second-order valence-electron chi connectivity index (χ2n) is 13.9. The van der Waals surface area contributed by atoms with E-state index in [0.717, 1.165) is 16.6 Å². The van der Waals surface area contributed by atoms with Crippen LogP contribution in [0.25, 0.3) is 94.2 Å². The molecule has 2 nitrogen and oxygen atoms in total. The van der Waals surface area contributed by atoms with Gasteiger partial charge in [0.05, 0.1) is 11.7 Å². The minimum absolute atomic E-state index is 0.994. The lowest BCUT2D eigenvalue weighted by molar-refractivity contribution is 1.49. The minimum Gasteiger partial charge on any atom is -0.172 e. The van der Waals surface area contributed by atoms with Gasteiger partial charge in [0, 0.05) is 50.1 Å². The zero-order chi connectivity index (χ0) is 34.7. The van der Waals surface area contributed by atoms with Crippen molar-refractivity contribution >= 4 is 100 Å². The molecule has 0 aliphatic rings. The molecule has 0 saturated heterocycles. The second-order valence-corrected chi connectivity index (χ2v) is 18.8. The summed E-state index contributed by atoms with van der Waals surface area (Å²) in [4.78, 5) is 10.6. The first kappa shape index (κ1) is 31.5. The van der Waals surface area contributed by atoms with Crippen LogP contribution in [0.5, 0.6) is 0 Å². The van der Waals surface area contributed by atoms with Crippen molar-refractivity contribution in [3.63, 3.8) is 0 Å². The lowest BCUT2D eigenvalue weighted by Gasteiger charge is -2.13. The average molecular weight is 749 g/mol. The smallest absolute Gasteiger partial charge is 0.114 e. The third-order valence-corrected chi connectivity index (χ3v) is 16.0. The Balaban J connectivity index is 1.02. The zero-order valence-corrected chi connectivity index (χ0v) is 33.1. The predicted octanol–water partition coefficient (Wildman–Crippen LogP) is 15.0. The van der Waals surface area contributed by atoms with E-state index in [-0.39, 0.29) is 0 Å². The van der Waals surface area contributed by atoms with Gasteiger partial charge < -0.3 is 0 Å². The van der Waals surface area contributed by atoms with Crippen molar-refractivity contribution in [1.29, 1.82) is 0 Å². The highest BCUT2D eigenvalue weighted by Gasteiger charge is 2.21. The van der Waals surface area contributed by atoms with Gasteiger partial charge in [-0.2, -0.15) is 8.75 Å². The van der Waals surface area contributed by atoms with Gasteiger partial charge in [0.1, 0.15) is 11.0 Å². The van der Waals surface area contributed by atoms with Gasteiger partial charge in [-0.1, -0.05) is 48.5 Å². The van der Waals surface area contributed by atoms with Crippen LogP contribution in [-0.2, 0) is 0 Å². The summed E-state index contributed by atoms with van der Waals surface area (Å²) >= 11 is 8.86. The van der Waals surface area contributed by atoms with Crippen LogP contribution >= 0.6 is 57.1 Å². The van der Waals surface area contributed by atoms with Crippen molar-refractivity contribution in [2.45, 2.75) is 41.5 Å². The molecule has 51 heavy (non-hydrogen) atoms. The van der Waals surface area contributed by atoms with Gasteiger partial charge in [-0.3, -0.25) is 0 Å². The fourth-order valence-corrected chi connectivity index (χ4v) is 13.5. The Morgan fingerprint density at radius 3 is 1.29 bits per heavy atom. The van der Waals surface area contributed by atoms with E-state index in [1.54, 1.807) is 0 Å². The number of aromatic nitrogens is 2. The molecule has 10 rings (SSSR count). The molecule has 5 aromatic carbocycles. The molecule has 0 amide bonds. The standard InChI is InChI=1S/C44H32N2S5/c1-21-13-27-7-9-29-19-31(20-30-10-8-28(14-21)37(27)38(29)30)34-16-23(3)43(48-34)44-25(5)18-36(50-44)33-12-11-32(39-40(33)46-51-45-39)35-17-24(4)42(49-35)41-22(2)15-26(6)47-41/h7-20H,1-6H3. The van der Waals surface area contributed by atoms with Gasteiger partial charge in [0.15, 0.2) is 0 Å². The summed E-state index contributed by atoms with van der Waals surface area (Å²) in [5.41, 5.74) is 12.2. The first-order chi connectivity index (χ1) is 24.7. The van der Waals surface area contributed by atoms with Crippen molar-refractivity contribution in [3.05, 3.63) is 118 Å². The second kappa shape index (κ2) is 11.6. The first-order valence-electron chi connectivity index (χ1n) is 17.0. The molecule has 0 bridgehead atoms. The van der Waals surface area contributed by atoms with Crippen LogP contribution in [0.3, 0.4) is 0 Å². The van der Waals surface area contributed by atoms with E-state index in [1.165, 1.54) is 122 Å². The van der Waals surface area contributed by atoms with E-state index in [4.69, 9.17) is 8.75 Å². The number of nitrogens with zero attached hydrogens (tertiary/aromatic N) is 2. The van der Waals surface area contributed by atoms with Gasteiger partial charge >= 0.3 is 0 Å². The van der Waals surface area contributed by atoms with Crippen LogP contribution in [-0.4, -0.2) is 8.75 Å². The summed E-state index contributed by atoms with van der Waals surface area (Å²) in [6.45, 7) is 13.3. The van der Waals surface area contributed by atoms with Crippen LogP contribution < -0.4 is 0 Å². The van der Waals surface area contributed by atoms with Crippen molar-refractivity contribution < 1.29 is 0 Å². The van der Waals surface area contributed by atoms with E-state index < -0.39 is 0 Å². The fourth-order valence-electron chi connectivity index (χ4n) is 7.80.